The molecule has 94 valence electrons. The number of aromatic amines is 1. The summed E-state index contributed by atoms with van der Waals surface area (Å²) >= 11 is 0. The number of hydrogen-bond donors (Lipinski definition) is 3. The number of carbonyl (C=O) groups is 1. The summed E-state index contributed by atoms with van der Waals surface area (Å²) in [5.74, 6) is -0.326. The molecule has 0 saturated carbocycles. The number of nitrogens with zero attached hydrogens (tertiary/aromatic N) is 2. The molecule has 0 spiro atoms. The third-order valence-electron chi connectivity index (χ3n) is 2.29. The van der Waals surface area contributed by atoms with E-state index >= 15 is 0 Å². The average molecular weight is 247 g/mol. The van der Waals surface area contributed by atoms with Crippen LogP contribution in [0.2, 0.25) is 0 Å². The molecule has 0 aromatic carbocycles. The van der Waals surface area contributed by atoms with Crippen LogP contribution >= 0.6 is 0 Å². The fourth-order valence-electron chi connectivity index (χ4n) is 1.46. The molecule has 1 amide bonds. The van der Waals surface area contributed by atoms with Gasteiger partial charge in [0.25, 0.3) is 5.91 Å². The molecule has 0 unspecified atom stereocenters. The number of amides is 1. The van der Waals surface area contributed by atoms with E-state index in [9.17, 15) is 9.59 Å². The van der Waals surface area contributed by atoms with Gasteiger partial charge < -0.3 is 16.0 Å². The standard InChI is InChI=1S/C11H13N5O2/c12-8-6-14-16(7-8)5-4-13-11(18)9-2-1-3-10(17)15-9/h1-3,6-7H,4-5,12H2,(H,13,18)(H,15,17). The summed E-state index contributed by atoms with van der Waals surface area (Å²) in [5.41, 5.74) is 6.02. The van der Waals surface area contributed by atoms with Gasteiger partial charge in [0, 0.05) is 18.8 Å². The summed E-state index contributed by atoms with van der Waals surface area (Å²) in [4.78, 5) is 25.1. The molecule has 0 saturated heterocycles. The number of nitrogen functional groups attached to an aromatic ring is 1. The third kappa shape index (κ3) is 2.97. The lowest BCUT2D eigenvalue weighted by molar-refractivity contribution is 0.0946. The van der Waals surface area contributed by atoms with Gasteiger partial charge in [0.05, 0.1) is 18.4 Å². The second-order valence-electron chi connectivity index (χ2n) is 3.72. The van der Waals surface area contributed by atoms with E-state index in [1.807, 2.05) is 0 Å². The van der Waals surface area contributed by atoms with Crippen LogP contribution in [0.15, 0.2) is 35.4 Å². The second kappa shape index (κ2) is 5.17. The minimum Gasteiger partial charge on any atom is -0.396 e. The Morgan fingerprint density at radius 3 is 3.00 bits per heavy atom. The number of rotatable bonds is 4. The summed E-state index contributed by atoms with van der Waals surface area (Å²) in [5, 5.41) is 6.66. The fraction of sp³-hybridized carbons (Fsp3) is 0.182. The fourth-order valence-corrected chi connectivity index (χ4v) is 1.46. The number of nitrogens with two attached hydrogens (primary N) is 1. The maximum absolute atomic E-state index is 11.7. The van der Waals surface area contributed by atoms with E-state index in [1.54, 1.807) is 16.9 Å². The predicted octanol–water partition coefficient (Wildman–Crippen LogP) is -0.416. The van der Waals surface area contributed by atoms with Gasteiger partial charge >= 0.3 is 0 Å². The SMILES string of the molecule is Nc1cnn(CCNC(=O)c2cccc(=O)[nH]2)c1. The molecule has 2 aromatic heterocycles. The molecule has 0 fully saturated rings. The number of aromatic nitrogens is 3. The van der Waals surface area contributed by atoms with Crippen LogP contribution in [-0.4, -0.2) is 27.2 Å². The van der Waals surface area contributed by atoms with Gasteiger partial charge in [-0.15, -0.1) is 0 Å². The van der Waals surface area contributed by atoms with Crippen molar-refractivity contribution in [2.24, 2.45) is 0 Å². The Balaban J connectivity index is 1.87. The number of pyridine rings is 1. The van der Waals surface area contributed by atoms with Crippen LogP contribution in [0, 0.1) is 0 Å². The van der Waals surface area contributed by atoms with Crippen LogP contribution in [0.4, 0.5) is 5.69 Å². The first-order chi connectivity index (χ1) is 8.65. The highest BCUT2D eigenvalue weighted by atomic mass is 16.2. The topological polar surface area (TPSA) is 106 Å². The van der Waals surface area contributed by atoms with E-state index in [0.29, 0.717) is 18.8 Å². The molecule has 2 rings (SSSR count). The molecule has 18 heavy (non-hydrogen) atoms. The number of anilines is 1. The summed E-state index contributed by atoms with van der Waals surface area (Å²) in [7, 11) is 0. The summed E-state index contributed by atoms with van der Waals surface area (Å²) in [6, 6.07) is 4.42. The van der Waals surface area contributed by atoms with E-state index in [0.717, 1.165) is 0 Å². The Bertz CT molecular complexity index is 601. The normalized spacial score (nSPS) is 10.2. The highest BCUT2D eigenvalue weighted by Gasteiger charge is 2.05. The van der Waals surface area contributed by atoms with E-state index in [-0.39, 0.29) is 17.2 Å². The van der Waals surface area contributed by atoms with Crippen molar-refractivity contribution in [1.29, 1.82) is 0 Å². The number of hydrogen-bond acceptors (Lipinski definition) is 4. The van der Waals surface area contributed by atoms with Crippen molar-refractivity contribution < 1.29 is 4.79 Å². The van der Waals surface area contributed by atoms with Gasteiger partial charge in [-0.05, 0) is 6.07 Å². The first-order valence-corrected chi connectivity index (χ1v) is 5.40. The zero-order valence-corrected chi connectivity index (χ0v) is 9.59. The average Bonchev–Trinajstić information content (AvgIpc) is 2.75. The molecule has 0 bridgehead atoms. The van der Waals surface area contributed by atoms with Crippen LogP contribution in [0.1, 0.15) is 10.5 Å². The molecular formula is C11H13N5O2. The molecular weight excluding hydrogens is 234 g/mol. The van der Waals surface area contributed by atoms with Crippen LogP contribution in [-0.2, 0) is 6.54 Å². The maximum atomic E-state index is 11.7. The van der Waals surface area contributed by atoms with E-state index in [1.165, 1.54) is 18.3 Å². The van der Waals surface area contributed by atoms with E-state index in [2.05, 4.69) is 15.4 Å². The van der Waals surface area contributed by atoms with Crippen molar-refractivity contribution in [3.63, 3.8) is 0 Å². The van der Waals surface area contributed by atoms with Crippen LogP contribution in [0.5, 0.6) is 0 Å². The first kappa shape index (κ1) is 11.9. The molecule has 0 aliphatic rings. The molecule has 7 heteroatoms. The van der Waals surface area contributed by atoms with Crippen molar-refractivity contribution in [3.8, 4) is 0 Å². The van der Waals surface area contributed by atoms with Gasteiger partial charge in [-0.3, -0.25) is 14.3 Å². The smallest absolute Gasteiger partial charge is 0.267 e. The lowest BCUT2D eigenvalue weighted by atomic mass is 10.3. The van der Waals surface area contributed by atoms with Crippen molar-refractivity contribution in [1.82, 2.24) is 20.1 Å². The molecule has 7 nitrogen and oxygen atoms in total. The van der Waals surface area contributed by atoms with Crippen molar-refractivity contribution in [3.05, 3.63) is 46.6 Å². The molecule has 0 radical (unpaired) electrons. The van der Waals surface area contributed by atoms with Gasteiger partial charge in [-0.25, -0.2) is 0 Å². The van der Waals surface area contributed by atoms with Crippen molar-refractivity contribution in [2.75, 3.05) is 12.3 Å². The Hall–Kier alpha value is -2.57. The zero-order chi connectivity index (χ0) is 13.0. The predicted molar refractivity (Wildman–Crippen MR) is 66.0 cm³/mol. The van der Waals surface area contributed by atoms with Gasteiger partial charge in [0.15, 0.2) is 0 Å². The minimum absolute atomic E-state index is 0.238. The Morgan fingerprint density at radius 2 is 2.33 bits per heavy atom. The lowest BCUT2D eigenvalue weighted by Gasteiger charge is -2.04. The van der Waals surface area contributed by atoms with Gasteiger partial charge in [-0.1, -0.05) is 6.07 Å². The lowest BCUT2D eigenvalue weighted by Crippen LogP contribution is -2.29. The Labute approximate surface area is 103 Å². The van der Waals surface area contributed by atoms with Crippen LogP contribution in [0.25, 0.3) is 0 Å². The molecule has 0 aliphatic heterocycles. The monoisotopic (exact) mass is 247 g/mol. The second-order valence-corrected chi connectivity index (χ2v) is 3.72. The minimum atomic E-state index is -0.326. The molecule has 0 aliphatic carbocycles. The van der Waals surface area contributed by atoms with Crippen LogP contribution in [0.3, 0.4) is 0 Å². The van der Waals surface area contributed by atoms with E-state index < -0.39 is 0 Å². The van der Waals surface area contributed by atoms with Crippen molar-refractivity contribution >= 4 is 11.6 Å². The van der Waals surface area contributed by atoms with Gasteiger partial charge in [-0.2, -0.15) is 5.10 Å². The number of H-pyrrole nitrogens is 1. The molecule has 0 atom stereocenters. The number of nitrogens with one attached hydrogen (secondary N) is 2. The highest BCUT2D eigenvalue weighted by Crippen LogP contribution is 1.96. The highest BCUT2D eigenvalue weighted by molar-refractivity contribution is 5.92. The van der Waals surface area contributed by atoms with E-state index in [4.69, 9.17) is 5.73 Å². The largest absolute Gasteiger partial charge is 0.396 e. The van der Waals surface area contributed by atoms with Gasteiger partial charge in [0.1, 0.15) is 5.69 Å². The third-order valence-corrected chi connectivity index (χ3v) is 2.29. The summed E-state index contributed by atoms with van der Waals surface area (Å²) in [6.45, 7) is 0.914. The van der Waals surface area contributed by atoms with Crippen LogP contribution < -0.4 is 16.6 Å². The molecule has 4 N–H and O–H groups in total. The molecule has 2 aromatic rings. The Morgan fingerprint density at radius 1 is 1.50 bits per heavy atom. The number of carbonyl (C=O) groups excluding carboxylic acids is 1. The Kier molecular flexibility index (Phi) is 3.42. The zero-order valence-electron chi connectivity index (χ0n) is 9.59. The maximum Gasteiger partial charge on any atom is 0.267 e. The molecule has 2 heterocycles. The van der Waals surface area contributed by atoms with Crippen molar-refractivity contribution in [2.45, 2.75) is 6.54 Å². The summed E-state index contributed by atoms with van der Waals surface area (Å²) in [6.07, 6.45) is 3.22. The van der Waals surface area contributed by atoms with Gasteiger partial charge in [0.2, 0.25) is 5.56 Å². The summed E-state index contributed by atoms with van der Waals surface area (Å²) < 4.78 is 1.63. The quantitative estimate of drug-likeness (QED) is 0.682. The first-order valence-electron chi connectivity index (χ1n) is 5.40.